The van der Waals surface area contributed by atoms with Crippen LogP contribution in [0.5, 0.6) is 0 Å². The Hall–Kier alpha value is -4.19. The van der Waals surface area contributed by atoms with Crippen molar-refractivity contribution in [1.82, 2.24) is 4.98 Å². The van der Waals surface area contributed by atoms with E-state index in [9.17, 15) is 13.7 Å². The maximum atomic E-state index is 12.0. The Bertz CT molecular complexity index is 1530. The first-order chi connectivity index (χ1) is 19.2. The van der Waals surface area contributed by atoms with Gasteiger partial charge in [-0.05, 0) is 31.5 Å². The summed E-state index contributed by atoms with van der Waals surface area (Å²) in [6, 6.07) is 12.9. The maximum absolute atomic E-state index is 12.0. The Kier molecular flexibility index (Phi) is 10.8. The molecule has 0 aliphatic rings. The Labute approximate surface area is 237 Å². The summed E-state index contributed by atoms with van der Waals surface area (Å²) in [5.74, 6) is 0.659. The van der Waals surface area contributed by atoms with Gasteiger partial charge in [-0.1, -0.05) is 36.1 Å². The third-order valence-electron chi connectivity index (χ3n) is 5.67. The number of hydrogen-bond donors (Lipinski definition) is 2. The van der Waals surface area contributed by atoms with Gasteiger partial charge in [0.1, 0.15) is 16.8 Å². The normalized spacial score (nSPS) is 11.7. The lowest BCUT2D eigenvalue weighted by molar-refractivity contribution is 0.198. The number of nitrogens with two attached hydrogens (primary N) is 1. The molecule has 0 amide bonds. The van der Waals surface area contributed by atoms with Crippen molar-refractivity contribution in [1.29, 1.82) is 5.26 Å². The van der Waals surface area contributed by atoms with Crippen molar-refractivity contribution in [2.45, 2.75) is 13.3 Å². The van der Waals surface area contributed by atoms with E-state index < -0.39 is 9.84 Å². The molecule has 3 N–H and O–H groups in total. The number of thiophene rings is 1. The average Bonchev–Trinajstić information content (AvgIpc) is 3.37. The quantitative estimate of drug-likeness (QED) is 0.168. The molecule has 0 atom stereocenters. The molecule has 0 unspecified atom stereocenters. The van der Waals surface area contributed by atoms with Crippen LogP contribution in [0, 0.1) is 18.3 Å². The summed E-state index contributed by atoms with van der Waals surface area (Å²) >= 11 is 1.16. The predicted octanol–water partition coefficient (Wildman–Crippen LogP) is 6.18. The van der Waals surface area contributed by atoms with Gasteiger partial charge in [0.25, 0.3) is 0 Å². The van der Waals surface area contributed by atoms with Gasteiger partial charge in [0, 0.05) is 44.8 Å². The minimum Gasteiger partial charge on any atom is -0.395 e. The molecule has 3 aromatic rings. The number of anilines is 3. The average molecular weight is 582 g/mol. The summed E-state index contributed by atoms with van der Waals surface area (Å²) in [6.07, 6.45) is 0.736. The Morgan fingerprint density at radius 1 is 1.25 bits per heavy atom. The monoisotopic (exact) mass is 581 g/mol. The molecule has 0 bridgehead atoms. The van der Waals surface area contributed by atoms with E-state index in [0.29, 0.717) is 57.4 Å². The van der Waals surface area contributed by atoms with Crippen molar-refractivity contribution in [2.75, 3.05) is 55.6 Å². The van der Waals surface area contributed by atoms with Gasteiger partial charge in [0.15, 0.2) is 26.5 Å². The highest BCUT2D eigenvalue weighted by molar-refractivity contribution is 7.94. The predicted molar refractivity (Wildman–Crippen MR) is 159 cm³/mol. The largest absolute Gasteiger partial charge is 0.395 e. The molecule has 3 rings (SSSR count). The van der Waals surface area contributed by atoms with Gasteiger partial charge in [-0.15, -0.1) is 20.5 Å². The standard InChI is InChI=1S/C26H31N9O3S2/c1-5-40(36,37)15-13-35(3)25-23(18(2)22(28)24(30-25)29-12-9-14-38-4)33-34-26-19(17-27)16-21(39-26)32-31-20-10-7-6-8-11-20/h5-8,10-11,16H,1,9,12-15,28H2,2-4H3,(H,29,30). The van der Waals surface area contributed by atoms with E-state index in [4.69, 9.17) is 10.5 Å². The number of ether oxygens (including phenoxy) is 1. The van der Waals surface area contributed by atoms with Crippen molar-refractivity contribution in [3.63, 3.8) is 0 Å². The Balaban J connectivity index is 1.97. The molecule has 40 heavy (non-hydrogen) atoms. The van der Waals surface area contributed by atoms with Crippen LogP contribution in [0.3, 0.4) is 0 Å². The number of nitrogens with one attached hydrogen (secondary N) is 1. The number of sulfone groups is 1. The van der Waals surface area contributed by atoms with Gasteiger partial charge in [-0.3, -0.25) is 0 Å². The molecule has 0 aliphatic carbocycles. The van der Waals surface area contributed by atoms with Crippen molar-refractivity contribution < 1.29 is 13.2 Å². The lowest BCUT2D eigenvalue weighted by Gasteiger charge is -2.22. The van der Waals surface area contributed by atoms with Crippen molar-refractivity contribution in [3.8, 4) is 6.07 Å². The van der Waals surface area contributed by atoms with Gasteiger partial charge in [0.05, 0.1) is 22.7 Å². The van der Waals surface area contributed by atoms with E-state index in [1.807, 2.05) is 30.3 Å². The maximum Gasteiger partial charge on any atom is 0.172 e. The molecule has 0 saturated heterocycles. The number of nitriles is 1. The molecule has 0 saturated carbocycles. The van der Waals surface area contributed by atoms with Gasteiger partial charge in [0.2, 0.25) is 0 Å². The summed E-state index contributed by atoms with van der Waals surface area (Å²) < 4.78 is 29.2. The van der Waals surface area contributed by atoms with Gasteiger partial charge in [-0.2, -0.15) is 5.26 Å². The minimum absolute atomic E-state index is 0.128. The van der Waals surface area contributed by atoms with Crippen molar-refractivity contribution in [3.05, 3.63) is 59.5 Å². The zero-order chi connectivity index (χ0) is 29.1. The smallest absolute Gasteiger partial charge is 0.172 e. The highest BCUT2D eigenvalue weighted by Crippen LogP contribution is 2.41. The highest BCUT2D eigenvalue weighted by Gasteiger charge is 2.20. The molecule has 14 heteroatoms. The number of methoxy groups -OCH3 is 1. The number of nitrogen functional groups attached to an aromatic ring is 1. The fourth-order valence-electron chi connectivity index (χ4n) is 3.36. The second-order valence-corrected chi connectivity index (χ2v) is 11.6. The first-order valence-corrected chi connectivity index (χ1v) is 14.7. The van der Waals surface area contributed by atoms with Gasteiger partial charge < -0.3 is 20.7 Å². The zero-order valence-corrected chi connectivity index (χ0v) is 24.2. The van der Waals surface area contributed by atoms with Crippen LogP contribution in [0.4, 0.5) is 38.7 Å². The second kappa shape index (κ2) is 14.3. The molecule has 1 aromatic carbocycles. The van der Waals surface area contributed by atoms with E-state index in [-0.39, 0.29) is 17.9 Å². The van der Waals surface area contributed by atoms with Gasteiger partial charge in [-0.25, -0.2) is 13.4 Å². The van der Waals surface area contributed by atoms with E-state index in [1.165, 1.54) is 0 Å². The fraction of sp³-hybridized carbons (Fsp3) is 0.308. The molecule has 0 fully saturated rings. The van der Waals surface area contributed by atoms with Crippen LogP contribution >= 0.6 is 11.3 Å². The van der Waals surface area contributed by atoms with Crippen molar-refractivity contribution in [2.24, 2.45) is 20.5 Å². The molecular formula is C26H31N9O3S2. The summed E-state index contributed by atoms with van der Waals surface area (Å²) in [5.41, 5.74) is 8.69. The van der Waals surface area contributed by atoms with Crippen molar-refractivity contribution >= 4 is 59.9 Å². The van der Waals surface area contributed by atoms with E-state index >= 15 is 0 Å². The number of pyridine rings is 1. The van der Waals surface area contributed by atoms with Crippen LogP contribution in [0.1, 0.15) is 17.5 Å². The summed E-state index contributed by atoms with van der Waals surface area (Å²) in [6.45, 7) is 6.42. The molecule has 2 aromatic heterocycles. The molecule has 0 radical (unpaired) electrons. The molecular weight excluding hydrogens is 550 g/mol. The van der Waals surface area contributed by atoms with Crippen LogP contribution in [0.15, 0.2) is 68.8 Å². The first-order valence-electron chi connectivity index (χ1n) is 12.2. The summed E-state index contributed by atoms with van der Waals surface area (Å²) in [4.78, 5) is 6.33. The summed E-state index contributed by atoms with van der Waals surface area (Å²) in [5, 5.41) is 31.8. The minimum atomic E-state index is -3.44. The second-order valence-electron chi connectivity index (χ2n) is 8.55. The Morgan fingerprint density at radius 2 is 2.00 bits per heavy atom. The van der Waals surface area contributed by atoms with Crippen LogP contribution in [-0.2, 0) is 14.6 Å². The van der Waals surface area contributed by atoms with E-state index in [1.54, 1.807) is 32.0 Å². The number of aromatic nitrogens is 1. The lowest BCUT2D eigenvalue weighted by Crippen LogP contribution is -2.26. The number of hydrogen-bond acceptors (Lipinski definition) is 13. The highest BCUT2D eigenvalue weighted by atomic mass is 32.2. The summed E-state index contributed by atoms with van der Waals surface area (Å²) in [7, 11) is -0.106. The van der Waals surface area contributed by atoms with E-state index in [0.717, 1.165) is 23.2 Å². The van der Waals surface area contributed by atoms with Crippen LogP contribution in [0.2, 0.25) is 0 Å². The van der Waals surface area contributed by atoms with Gasteiger partial charge >= 0.3 is 0 Å². The van der Waals surface area contributed by atoms with Crippen LogP contribution in [-0.4, -0.2) is 53.0 Å². The Morgan fingerprint density at radius 3 is 2.67 bits per heavy atom. The zero-order valence-electron chi connectivity index (χ0n) is 22.5. The molecule has 2 heterocycles. The SMILES string of the molecule is C=CS(=O)(=O)CCN(C)c1nc(NCCCOC)c(N)c(C)c1N=Nc1sc(N=Nc2ccccc2)cc1C#N. The topological polar surface area (TPSA) is 171 Å². The number of nitrogens with zero attached hydrogens (tertiary/aromatic N) is 7. The fourth-order valence-corrected chi connectivity index (χ4v) is 4.81. The molecule has 0 spiro atoms. The number of azo groups is 2. The number of benzene rings is 1. The molecule has 0 aliphatic heterocycles. The van der Waals surface area contributed by atoms with Crippen LogP contribution < -0.4 is 16.0 Å². The lowest BCUT2D eigenvalue weighted by atomic mass is 10.2. The third kappa shape index (κ3) is 8.15. The number of rotatable bonds is 14. The molecule has 210 valence electrons. The third-order valence-corrected chi connectivity index (χ3v) is 7.83. The van der Waals surface area contributed by atoms with E-state index in [2.05, 4.69) is 43.4 Å². The first kappa shape index (κ1) is 30.4. The molecule has 12 nitrogen and oxygen atoms in total. The van der Waals surface area contributed by atoms with Crippen LogP contribution in [0.25, 0.3) is 0 Å².